The minimum atomic E-state index is -4.31. The van der Waals surface area contributed by atoms with Crippen molar-refractivity contribution in [3.63, 3.8) is 0 Å². The van der Waals surface area contributed by atoms with Gasteiger partial charge in [0.25, 0.3) is 0 Å². The molecule has 0 spiro atoms. The Morgan fingerprint density at radius 2 is 1.89 bits per heavy atom. The van der Waals surface area contributed by atoms with Crippen molar-refractivity contribution in [2.45, 2.75) is 26.1 Å². The Morgan fingerprint density at radius 1 is 1.22 bits per heavy atom. The van der Waals surface area contributed by atoms with Gasteiger partial charge in [0.15, 0.2) is 0 Å². The second-order valence-corrected chi connectivity index (χ2v) is 4.10. The van der Waals surface area contributed by atoms with Gasteiger partial charge in [-0.3, -0.25) is 4.90 Å². The van der Waals surface area contributed by atoms with Crippen molar-refractivity contribution in [3.05, 3.63) is 35.4 Å². The fraction of sp³-hybridized carbons (Fsp3) is 0.538. The highest BCUT2D eigenvalue weighted by molar-refractivity contribution is 5.29. The zero-order valence-electron chi connectivity index (χ0n) is 10.4. The van der Waals surface area contributed by atoms with Crippen LogP contribution in [-0.2, 0) is 12.7 Å². The van der Waals surface area contributed by atoms with E-state index in [1.54, 1.807) is 6.07 Å². The Morgan fingerprint density at radius 3 is 2.44 bits per heavy atom. The van der Waals surface area contributed by atoms with Crippen molar-refractivity contribution in [2.75, 3.05) is 19.7 Å². The summed E-state index contributed by atoms with van der Waals surface area (Å²) in [6.45, 7) is 3.46. The molecule has 5 heteroatoms. The first-order valence-electron chi connectivity index (χ1n) is 5.97. The molecule has 0 fully saturated rings. The molecule has 0 radical (unpaired) electrons. The largest absolute Gasteiger partial charge is 0.416 e. The standard InChI is InChI=1S/C13H18F3NO/c1-2-17(8-5-9-18)10-11-6-3-4-7-12(11)13(14,15)16/h3-4,6-7,18H,2,5,8-10H2,1H3. The van der Waals surface area contributed by atoms with Gasteiger partial charge in [0.05, 0.1) is 5.56 Å². The summed E-state index contributed by atoms with van der Waals surface area (Å²) in [7, 11) is 0. The van der Waals surface area contributed by atoms with Crippen molar-refractivity contribution >= 4 is 0 Å². The summed E-state index contributed by atoms with van der Waals surface area (Å²) in [6, 6.07) is 5.63. The van der Waals surface area contributed by atoms with Gasteiger partial charge in [0.2, 0.25) is 0 Å². The maximum atomic E-state index is 12.8. The van der Waals surface area contributed by atoms with Crippen LogP contribution in [0.15, 0.2) is 24.3 Å². The third kappa shape index (κ3) is 4.31. The van der Waals surface area contributed by atoms with E-state index in [2.05, 4.69) is 0 Å². The topological polar surface area (TPSA) is 23.5 Å². The molecule has 0 aromatic heterocycles. The van der Waals surface area contributed by atoms with Crippen LogP contribution in [0.5, 0.6) is 0 Å². The van der Waals surface area contributed by atoms with Gasteiger partial charge >= 0.3 is 6.18 Å². The highest BCUT2D eigenvalue weighted by Crippen LogP contribution is 2.32. The highest BCUT2D eigenvalue weighted by Gasteiger charge is 2.33. The molecule has 0 amide bonds. The first kappa shape index (κ1) is 15.0. The van der Waals surface area contributed by atoms with Crippen LogP contribution < -0.4 is 0 Å². The molecule has 2 nitrogen and oxygen atoms in total. The van der Waals surface area contributed by atoms with Gasteiger partial charge in [-0.15, -0.1) is 0 Å². The quantitative estimate of drug-likeness (QED) is 0.851. The third-order valence-corrected chi connectivity index (χ3v) is 2.80. The van der Waals surface area contributed by atoms with Crippen molar-refractivity contribution in [1.82, 2.24) is 4.90 Å². The van der Waals surface area contributed by atoms with Crippen molar-refractivity contribution in [2.24, 2.45) is 0 Å². The number of rotatable bonds is 6. The van der Waals surface area contributed by atoms with Crippen LogP contribution in [-0.4, -0.2) is 29.7 Å². The zero-order valence-corrected chi connectivity index (χ0v) is 10.4. The lowest BCUT2D eigenvalue weighted by Crippen LogP contribution is -2.26. The zero-order chi connectivity index (χ0) is 13.6. The van der Waals surface area contributed by atoms with Gasteiger partial charge in [-0.05, 0) is 24.6 Å². The van der Waals surface area contributed by atoms with Gasteiger partial charge in [0.1, 0.15) is 0 Å². The number of alkyl halides is 3. The summed E-state index contributed by atoms with van der Waals surface area (Å²) in [5.41, 5.74) is -0.294. The first-order valence-corrected chi connectivity index (χ1v) is 5.97. The molecule has 0 aliphatic carbocycles. The van der Waals surface area contributed by atoms with Gasteiger partial charge in [0, 0.05) is 19.7 Å². The van der Waals surface area contributed by atoms with E-state index in [9.17, 15) is 13.2 Å². The molecule has 0 unspecified atom stereocenters. The number of hydrogen-bond acceptors (Lipinski definition) is 2. The van der Waals surface area contributed by atoms with E-state index in [0.29, 0.717) is 19.5 Å². The Balaban J connectivity index is 2.82. The average molecular weight is 261 g/mol. The Bertz CT molecular complexity index is 365. The summed E-state index contributed by atoms with van der Waals surface area (Å²) in [6.07, 6.45) is -3.74. The van der Waals surface area contributed by atoms with Crippen molar-refractivity contribution < 1.29 is 18.3 Å². The summed E-state index contributed by atoms with van der Waals surface area (Å²) in [5.74, 6) is 0. The van der Waals surface area contributed by atoms with Gasteiger partial charge in [-0.25, -0.2) is 0 Å². The van der Waals surface area contributed by atoms with Crippen LogP contribution in [0.3, 0.4) is 0 Å². The van der Waals surface area contributed by atoms with E-state index in [-0.39, 0.29) is 18.7 Å². The van der Waals surface area contributed by atoms with Gasteiger partial charge < -0.3 is 5.11 Å². The number of benzene rings is 1. The molecule has 0 atom stereocenters. The summed E-state index contributed by atoms with van der Waals surface area (Å²) >= 11 is 0. The predicted octanol–water partition coefficient (Wildman–Crippen LogP) is 2.91. The lowest BCUT2D eigenvalue weighted by molar-refractivity contribution is -0.138. The normalized spacial score (nSPS) is 12.1. The average Bonchev–Trinajstić information content (AvgIpc) is 2.33. The van der Waals surface area contributed by atoms with E-state index in [0.717, 1.165) is 6.07 Å². The molecular formula is C13H18F3NO. The Labute approximate surface area is 105 Å². The monoisotopic (exact) mass is 261 g/mol. The first-order chi connectivity index (χ1) is 8.49. The lowest BCUT2D eigenvalue weighted by Gasteiger charge is -2.22. The van der Waals surface area contributed by atoms with Gasteiger partial charge in [-0.1, -0.05) is 25.1 Å². The SMILES string of the molecule is CCN(CCCO)Cc1ccccc1C(F)(F)F. The second kappa shape index (κ2) is 6.75. The number of aliphatic hydroxyl groups is 1. The van der Waals surface area contributed by atoms with Crippen LogP contribution in [0.1, 0.15) is 24.5 Å². The Hall–Kier alpha value is -1.07. The summed E-state index contributed by atoms with van der Waals surface area (Å²) < 4.78 is 38.4. The molecule has 0 aliphatic heterocycles. The molecule has 0 saturated heterocycles. The van der Waals surface area contributed by atoms with Crippen LogP contribution >= 0.6 is 0 Å². The van der Waals surface area contributed by atoms with E-state index in [1.807, 2.05) is 11.8 Å². The number of aliphatic hydroxyl groups excluding tert-OH is 1. The van der Waals surface area contributed by atoms with Crippen LogP contribution in [0.25, 0.3) is 0 Å². The molecule has 18 heavy (non-hydrogen) atoms. The molecule has 1 aromatic rings. The molecule has 1 rings (SSSR count). The lowest BCUT2D eigenvalue weighted by atomic mass is 10.1. The number of hydrogen-bond donors (Lipinski definition) is 1. The maximum Gasteiger partial charge on any atom is 0.416 e. The second-order valence-electron chi connectivity index (χ2n) is 4.10. The van der Waals surface area contributed by atoms with Crippen LogP contribution in [0, 0.1) is 0 Å². The van der Waals surface area contributed by atoms with Crippen molar-refractivity contribution in [1.29, 1.82) is 0 Å². The van der Waals surface area contributed by atoms with Gasteiger partial charge in [-0.2, -0.15) is 13.2 Å². The molecular weight excluding hydrogens is 243 g/mol. The predicted molar refractivity (Wildman–Crippen MR) is 64.1 cm³/mol. The minimum absolute atomic E-state index is 0.0530. The van der Waals surface area contributed by atoms with E-state index in [4.69, 9.17) is 5.11 Å². The maximum absolute atomic E-state index is 12.8. The molecule has 0 bridgehead atoms. The highest BCUT2D eigenvalue weighted by atomic mass is 19.4. The fourth-order valence-electron chi connectivity index (χ4n) is 1.82. The van der Waals surface area contributed by atoms with E-state index >= 15 is 0 Å². The molecule has 1 N–H and O–H groups in total. The van der Waals surface area contributed by atoms with Crippen LogP contribution in [0.2, 0.25) is 0 Å². The fourth-order valence-corrected chi connectivity index (χ4v) is 1.82. The number of halogens is 3. The van der Waals surface area contributed by atoms with E-state index in [1.165, 1.54) is 12.1 Å². The van der Waals surface area contributed by atoms with Crippen molar-refractivity contribution in [3.8, 4) is 0 Å². The Kier molecular flexibility index (Phi) is 5.62. The molecule has 0 saturated carbocycles. The molecule has 0 aliphatic rings. The molecule has 1 aromatic carbocycles. The number of nitrogens with zero attached hydrogens (tertiary/aromatic N) is 1. The smallest absolute Gasteiger partial charge is 0.396 e. The van der Waals surface area contributed by atoms with E-state index < -0.39 is 11.7 Å². The summed E-state index contributed by atoms with van der Waals surface area (Å²) in [5, 5.41) is 8.75. The molecule has 102 valence electrons. The van der Waals surface area contributed by atoms with Crippen LogP contribution in [0.4, 0.5) is 13.2 Å². The minimum Gasteiger partial charge on any atom is -0.396 e. The summed E-state index contributed by atoms with van der Waals surface area (Å²) in [4.78, 5) is 1.89. The molecule has 0 heterocycles. The third-order valence-electron chi connectivity index (χ3n) is 2.80.